The third-order valence-corrected chi connectivity index (χ3v) is 11.7. The summed E-state index contributed by atoms with van der Waals surface area (Å²) in [6.07, 6.45) is 7.55. The average Bonchev–Trinajstić information content (AvgIpc) is 3.69. The van der Waals surface area contributed by atoms with Crippen LogP contribution in [0.15, 0.2) is 54.0 Å². The highest BCUT2D eigenvalue weighted by Gasteiger charge is 2.77. The molecule has 6 aliphatic rings. The van der Waals surface area contributed by atoms with Crippen LogP contribution in [0.2, 0.25) is 0 Å². The Morgan fingerprint density at radius 1 is 1.24 bits per heavy atom. The lowest BCUT2D eigenvalue weighted by Gasteiger charge is -2.65. The Morgan fingerprint density at radius 2 is 2.02 bits per heavy atom. The van der Waals surface area contributed by atoms with Gasteiger partial charge in [0.1, 0.15) is 17.6 Å². The first-order chi connectivity index (χ1) is 19.7. The molecule has 2 N–H and O–H groups in total. The van der Waals surface area contributed by atoms with E-state index in [4.69, 9.17) is 18.5 Å². The summed E-state index contributed by atoms with van der Waals surface area (Å²) in [5.74, 6) is 0.728. The van der Waals surface area contributed by atoms with Crippen LogP contribution in [-0.2, 0) is 28.2 Å². The van der Waals surface area contributed by atoms with E-state index in [-0.39, 0.29) is 41.6 Å². The molecule has 0 amide bonds. The lowest BCUT2D eigenvalue weighted by Crippen LogP contribution is -2.76. The minimum Gasteiger partial charge on any atom is -0.482 e. The van der Waals surface area contributed by atoms with E-state index in [0.717, 1.165) is 19.5 Å². The van der Waals surface area contributed by atoms with Crippen molar-refractivity contribution in [3.8, 4) is 5.75 Å². The third-order valence-electron chi connectivity index (χ3n) is 10.2. The molecule has 11 heteroatoms. The van der Waals surface area contributed by atoms with Gasteiger partial charge in [-0.2, -0.15) is 5.09 Å². The molecular formula is C30H37N2O8P. The Kier molecular flexibility index (Phi) is 6.43. The lowest BCUT2D eigenvalue weighted by atomic mass is 9.44. The zero-order chi connectivity index (χ0) is 28.6. The van der Waals surface area contributed by atoms with Crippen LogP contribution < -0.4 is 9.61 Å². The molecule has 3 saturated carbocycles. The maximum Gasteiger partial charge on any atom is 0.513 e. The molecule has 220 valence electrons. The van der Waals surface area contributed by atoms with E-state index in [1.165, 1.54) is 26.9 Å². The molecule has 2 heterocycles. The number of nitrogens with zero attached hydrogens (tertiary/aromatic N) is 1. The van der Waals surface area contributed by atoms with Gasteiger partial charge in [0.15, 0.2) is 17.6 Å². The number of ketones is 1. The lowest BCUT2D eigenvalue weighted by molar-refractivity contribution is -0.244. The number of hydrogen-bond donors (Lipinski definition) is 2. The van der Waals surface area contributed by atoms with Crippen LogP contribution >= 0.6 is 7.75 Å². The van der Waals surface area contributed by atoms with Gasteiger partial charge >= 0.3 is 13.7 Å². The number of likely N-dealkylation sites (tertiary alicyclic amines) is 1. The standard InChI is InChI=1S/C30H37N2O8P/c1-18(28(34)37-2)31-41(36,39-21-6-4-3-5-7-21)40-23-11-10-20-16-24-30(35)13-12-22(33)27-29(30,25(20)26(23)38-27)14-15-32(24)17-19-8-9-19/h3-7,10-11,18-20,24-25,27,35H,8-9,12-17H2,1-2H3,(H,31,36)/t18-,20?,24+,25?,27?,29-,30?,41?/m0/s1. The van der Waals surface area contributed by atoms with E-state index in [9.17, 15) is 19.3 Å². The van der Waals surface area contributed by atoms with Crippen molar-refractivity contribution in [3.63, 3.8) is 0 Å². The largest absolute Gasteiger partial charge is 0.513 e. The van der Waals surface area contributed by atoms with E-state index in [0.29, 0.717) is 24.5 Å². The van der Waals surface area contributed by atoms with Crippen molar-refractivity contribution in [1.29, 1.82) is 0 Å². The SMILES string of the molecule is COC(=O)[C@H](C)NP(=O)(OC1=C2OC3C(=O)CCC4(O)[C@H]5CC(C=C1)C2[C@@]34CCN5CC1CC1)Oc1ccccc1. The van der Waals surface area contributed by atoms with Crippen molar-refractivity contribution in [2.75, 3.05) is 20.2 Å². The number of carbonyl (C=O) groups is 2. The van der Waals surface area contributed by atoms with Gasteiger partial charge in [0.25, 0.3) is 0 Å². The second-order valence-electron chi connectivity index (χ2n) is 12.5. The highest BCUT2D eigenvalue weighted by Crippen LogP contribution is 2.70. The molecule has 2 bridgehead atoms. The third kappa shape index (κ3) is 4.21. The molecule has 10 nitrogen and oxygen atoms in total. The van der Waals surface area contributed by atoms with Crippen molar-refractivity contribution in [2.45, 2.75) is 69.2 Å². The summed E-state index contributed by atoms with van der Waals surface area (Å²) < 4.78 is 37.5. The summed E-state index contributed by atoms with van der Waals surface area (Å²) in [5.41, 5.74) is -1.85. The van der Waals surface area contributed by atoms with Crippen LogP contribution in [-0.4, -0.2) is 65.7 Å². The van der Waals surface area contributed by atoms with Crippen molar-refractivity contribution in [3.05, 3.63) is 54.0 Å². The van der Waals surface area contributed by atoms with E-state index in [1.807, 2.05) is 6.08 Å². The van der Waals surface area contributed by atoms with E-state index in [2.05, 4.69) is 9.99 Å². The second-order valence-corrected chi connectivity index (χ2v) is 14.1. The Bertz CT molecular complexity index is 1360. The molecule has 0 radical (unpaired) electrons. The molecule has 0 aromatic heterocycles. The predicted molar refractivity (Wildman–Crippen MR) is 147 cm³/mol. The second kappa shape index (κ2) is 9.69. The molecule has 1 spiro atoms. The summed E-state index contributed by atoms with van der Waals surface area (Å²) in [6, 6.07) is 7.51. The number of esters is 1. The van der Waals surface area contributed by atoms with Crippen molar-refractivity contribution >= 4 is 19.5 Å². The molecular weight excluding hydrogens is 547 g/mol. The van der Waals surface area contributed by atoms with Gasteiger partial charge < -0.3 is 23.6 Å². The summed E-state index contributed by atoms with van der Waals surface area (Å²) in [6.45, 7) is 3.31. The molecule has 7 rings (SSSR count). The number of Topliss-reactive ketones (excluding diaryl/α,β-unsaturated/α-hetero) is 1. The molecule has 41 heavy (non-hydrogen) atoms. The topological polar surface area (TPSA) is 124 Å². The number of aliphatic hydroxyl groups is 1. The van der Waals surface area contributed by atoms with Crippen LogP contribution in [0.4, 0.5) is 0 Å². The number of methoxy groups -OCH3 is 1. The van der Waals surface area contributed by atoms with Gasteiger partial charge in [-0.15, -0.1) is 0 Å². The van der Waals surface area contributed by atoms with Gasteiger partial charge in [-0.25, -0.2) is 4.57 Å². The summed E-state index contributed by atoms with van der Waals surface area (Å²) in [7, 11) is -2.97. The van der Waals surface area contributed by atoms with Crippen LogP contribution in [0.3, 0.4) is 0 Å². The number of hydrogen-bond acceptors (Lipinski definition) is 9. The number of para-hydroxylation sites is 1. The molecule has 5 fully saturated rings. The maximum atomic E-state index is 14.2. The van der Waals surface area contributed by atoms with Crippen LogP contribution in [0.1, 0.15) is 45.4 Å². The molecule has 5 unspecified atom stereocenters. The fourth-order valence-corrected chi connectivity index (χ4v) is 9.75. The number of piperidine rings is 1. The highest BCUT2D eigenvalue weighted by atomic mass is 31.2. The van der Waals surface area contributed by atoms with Crippen molar-refractivity contribution in [2.24, 2.45) is 23.2 Å². The smallest absolute Gasteiger partial charge is 0.482 e. The zero-order valence-corrected chi connectivity index (χ0v) is 24.3. The van der Waals surface area contributed by atoms with Gasteiger partial charge in [0.2, 0.25) is 0 Å². The number of benzene rings is 1. The highest BCUT2D eigenvalue weighted by molar-refractivity contribution is 7.52. The molecule has 2 saturated heterocycles. The number of ether oxygens (including phenoxy) is 2. The van der Waals surface area contributed by atoms with Crippen LogP contribution in [0.25, 0.3) is 0 Å². The monoisotopic (exact) mass is 584 g/mol. The summed E-state index contributed by atoms with van der Waals surface area (Å²) in [4.78, 5) is 28.1. The summed E-state index contributed by atoms with van der Waals surface area (Å²) >= 11 is 0. The predicted octanol–water partition coefficient (Wildman–Crippen LogP) is 3.72. The molecule has 1 aromatic carbocycles. The Morgan fingerprint density at radius 3 is 2.76 bits per heavy atom. The van der Waals surface area contributed by atoms with Crippen LogP contribution in [0, 0.1) is 23.2 Å². The molecule has 8 atom stereocenters. The van der Waals surface area contributed by atoms with Crippen LogP contribution in [0.5, 0.6) is 5.75 Å². The first-order valence-electron chi connectivity index (χ1n) is 14.7. The maximum absolute atomic E-state index is 14.2. The Labute approximate surface area is 239 Å². The zero-order valence-electron chi connectivity index (χ0n) is 23.4. The molecule has 4 aliphatic carbocycles. The number of nitrogens with one attached hydrogen (secondary N) is 1. The van der Waals surface area contributed by atoms with Gasteiger partial charge in [-0.05, 0) is 75.6 Å². The minimum absolute atomic E-state index is 0.00729. The minimum atomic E-state index is -4.22. The van der Waals surface area contributed by atoms with E-state index < -0.39 is 36.9 Å². The van der Waals surface area contributed by atoms with Gasteiger partial charge in [-0.3, -0.25) is 14.5 Å². The van der Waals surface area contributed by atoms with Gasteiger partial charge in [0.05, 0.1) is 18.1 Å². The Hall–Kier alpha value is -2.65. The van der Waals surface area contributed by atoms with E-state index in [1.54, 1.807) is 36.4 Å². The fraction of sp³-hybridized carbons (Fsp3) is 0.600. The normalized spacial score (nSPS) is 37.5. The Balaban J connectivity index is 1.26. The molecule has 1 aromatic rings. The van der Waals surface area contributed by atoms with E-state index >= 15 is 0 Å². The number of rotatable bonds is 9. The first-order valence-corrected chi connectivity index (χ1v) is 16.2. The number of allylic oxidation sites excluding steroid dienone is 3. The molecule has 2 aliphatic heterocycles. The quantitative estimate of drug-likeness (QED) is 0.328. The first kappa shape index (κ1) is 27.2. The van der Waals surface area contributed by atoms with Gasteiger partial charge in [0, 0.05) is 24.9 Å². The summed E-state index contributed by atoms with van der Waals surface area (Å²) in [5, 5.41) is 15.2. The fourth-order valence-electron chi connectivity index (χ4n) is 8.22. The van der Waals surface area contributed by atoms with Crippen molar-refractivity contribution in [1.82, 2.24) is 9.99 Å². The van der Waals surface area contributed by atoms with Gasteiger partial charge in [-0.1, -0.05) is 24.3 Å². The number of carbonyl (C=O) groups excluding carboxylic acids is 2. The average molecular weight is 585 g/mol. The van der Waals surface area contributed by atoms with Crippen molar-refractivity contribution < 1.29 is 37.8 Å².